The maximum Gasteiger partial charge on any atom is 0.573 e. The van der Waals surface area contributed by atoms with Crippen LogP contribution in [0.2, 0.25) is 0 Å². The lowest BCUT2D eigenvalue weighted by atomic mass is 9.98. The van der Waals surface area contributed by atoms with E-state index < -0.39 is 141 Å². The fourth-order valence-corrected chi connectivity index (χ4v) is 9.29. The number of piperidine rings is 1. The van der Waals surface area contributed by atoms with Gasteiger partial charge >= 0.3 is 26.2 Å². The predicted molar refractivity (Wildman–Crippen MR) is 220 cm³/mol. The maximum absolute atomic E-state index is 15.0. The number of halogens is 5. The molecule has 7 amide bonds. The number of phosphoric ester groups is 1. The summed E-state index contributed by atoms with van der Waals surface area (Å²) in [5, 5.41) is 9.50. The second kappa shape index (κ2) is 20.5. The van der Waals surface area contributed by atoms with Gasteiger partial charge in [0.1, 0.15) is 59.7 Å². The normalized spacial score (nSPS) is 27.0. The number of nitrogens with zero attached hydrogens (tertiary/aromatic N) is 3. The summed E-state index contributed by atoms with van der Waals surface area (Å²) in [5.74, 6) is -8.87. The van der Waals surface area contributed by atoms with E-state index in [1.165, 1.54) is 29.7 Å². The number of hydrogen-bond donors (Lipinski definition) is 6. The molecule has 366 valence electrons. The minimum atomic E-state index is -5.27. The van der Waals surface area contributed by atoms with Crippen LogP contribution in [0.4, 0.5) is 32.4 Å². The van der Waals surface area contributed by atoms with Crippen LogP contribution in [-0.2, 0) is 49.0 Å². The average molecular weight is 974 g/mol. The van der Waals surface area contributed by atoms with Crippen molar-refractivity contribution in [3.8, 4) is 5.75 Å². The van der Waals surface area contributed by atoms with E-state index >= 15 is 0 Å². The van der Waals surface area contributed by atoms with Crippen LogP contribution < -0.4 is 26.0 Å². The number of carbonyl (C=O) groups is 7. The largest absolute Gasteiger partial charge is 0.573 e. The van der Waals surface area contributed by atoms with E-state index in [0.29, 0.717) is 18.9 Å². The van der Waals surface area contributed by atoms with Gasteiger partial charge in [0.25, 0.3) is 0 Å². The first-order valence-electron chi connectivity index (χ1n) is 21.2. The van der Waals surface area contributed by atoms with Crippen molar-refractivity contribution < 1.29 is 83.9 Å². The van der Waals surface area contributed by atoms with Gasteiger partial charge in [-0.25, -0.2) is 22.9 Å². The number of hydrogen-bond acceptors (Lipinski definition) is 11. The molecule has 2 aromatic carbocycles. The third kappa shape index (κ3) is 13.0. The highest BCUT2D eigenvalue weighted by Crippen LogP contribution is 2.41. The Balaban J connectivity index is 1.38. The third-order valence-corrected chi connectivity index (χ3v) is 12.2. The monoisotopic (exact) mass is 973 g/mol. The minimum Gasteiger partial charge on any atom is -0.458 e. The molecule has 6 N–H and O–H groups in total. The molecule has 4 aliphatic rings. The number of cyclic esters (lactones) is 1. The first kappa shape index (κ1) is 50.5. The number of alkyl halides is 3. The molecule has 9 unspecified atom stereocenters. The number of phosphoric acid groups is 1. The Morgan fingerprint density at radius 3 is 2.25 bits per heavy atom. The lowest BCUT2D eigenvalue weighted by molar-refractivity contribution is -0.274. The molecule has 0 bridgehead atoms. The van der Waals surface area contributed by atoms with E-state index in [9.17, 15) is 69.9 Å². The Morgan fingerprint density at radius 2 is 1.58 bits per heavy atom. The van der Waals surface area contributed by atoms with Gasteiger partial charge in [-0.1, -0.05) is 13.0 Å². The molecule has 20 nitrogen and oxygen atoms in total. The van der Waals surface area contributed by atoms with Crippen LogP contribution in [0.1, 0.15) is 58.4 Å². The van der Waals surface area contributed by atoms with Gasteiger partial charge in [0.2, 0.25) is 29.5 Å². The number of amides is 7. The van der Waals surface area contributed by atoms with E-state index in [1.54, 1.807) is 6.92 Å². The van der Waals surface area contributed by atoms with Crippen LogP contribution in [0.25, 0.3) is 0 Å². The Hall–Kier alpha value is -5.91. The molecule has 6 rings (SSSR count). The predicted octanol–water partition coefficient (Wildman–Crippen LogP) is 2.23. The molecule has 2 aromatic rings. The van der Waals surface area contributed by atoms with Gasteiger partial charge in [-0.3, -0.25) is 28.5 Å². The minimum absolute atomic E-state index is 0.00256. The molecule has 0 aliphatic carbocycles. The van der Waals surface area contributed by atoms with E-state index in [0.717, 1.165) is 35.2 Å². The molecular weight excluding hydrogens is 924 g/mol. The standard InChI is InChI=1S/C41H49F5N7O13P/c1-20-11-32-39(59)64-22(3)33(50-34(54)29(14-23-12-24(42)15-25(43)13-23)49-40(60)48-26-7-6-8-27(16-26)65-41(44,45)46)38(58)53-19-28(66-67(61,62)63)17-31(53)37(57)51-10-5-4-9-30(51)35(55)47-21(2)36(56)52(32)18-20/h6-8,12-13,15-16,20-22,28-33H,4-5,9-11,14,17-19H2,1-3H3,(H,47,55)(H,50,54)(H2,48,49,60)(H2,61,62,63). The molecular formula is C41H49F5N7O13P. The molecule has 9 atom stereocenters. The number of carbonyl (C=O) groups excluding carboxylic acids is 7. The van der Waals surface area contributed by atoms with Gasteiger partial charge in [0.15, 0.2) is 0 Å². The van der Waals surface area contributed by atoms with Crippen molar-refractivity contribution in [2.24, 2.45) is 5.92 Å². The first-order chi connectivity index (χ1) is 31.3. The van der Waals surface area contributed by atoms with Gasteiger partial charge in [0, 0.05) is 50.3 Å². The summed E-state index contributed by atoms with van der Waals surface area (Å²) >= 11 is 0. The molecule has 67 heavy (non-hydrogen) atoms. The summed E-state index contributed by atoms with van der Waals surface area (Å²) in [6.07, 6.45) is -8.39. The van der Waals surface area contributed by atoms with Crippen molar-refractivity contribution in [3.63, 3.8) is 0 Å². The Labute approximate surface area is 379 Å². The zero-order valence-electron chi connectivity index (χ0n) is 36.2. The van der Waals surface area contributed by atoms with Crippen LogP contribution in [0, 0.1) is 17.6 Å². The summed E-state index contributed by atoms with van der Waals surface area (Å²) in [4.78, 5) is 122. The van der Waals surface area contributed by atoms with Crippen molar-refractivity contribution in [1.29, 1.82) is 0 Å². The molecule has 4 heterocycles. The van der Waals surface area contributed by atoms with Crippen molar-refractivity contribution in [2.45, 2.75) is 114 Å². The van der Waals surface area contributed by atoms with Gasteiger partial charge in [-0.15, -0.1) is 13.2 Å². The van der Waals surface area contributed by atoms with Crippen LogP contribution in [-0.4, -0.2) is 140 Å². The second-order valence-electron chi connectivity index (χ2n) is 16.9. The first-order valence-corrected chi connectivity index (χ1v) is 22.7. The summed E-state index contributed by atoms with van der Waals surface area (Å²) in [6.45, 7) is 3.72. The fourth-order valence-electron chi connectivity index (χ4n) is 8.75. The lowest BCUT2D eigenvalue weighted by Gasteiger charge is -2.39. The van der Waals surface area contributed by atoms with Crippen LogP contribution in [0.3, 0.4) is 0 Å². The lowest BCUT2D eigenvalue weighted by Crippen LogP contribution is -2.63. The Bertz CT molecular complexity index is 2290. The fraction of sp³-hybridized carbons (Fsp3) is 0.537. The molecule has 0 aromatic heterocycles. The number of rotatable bonds is 9. The molecule has 4 aliphatic heterocycles. The van der Waals surface area contributed by atoms with E-state index in [-0.39, 0.29) is 43.1 Å². The van der Waals surface area contributed by atoms with Gasteiger partial charge in [-0.05, 0) is 75.3 Å². The van der Waals surface area contributed by atoms with E-state index in [1.807, 2.05) is 0 Å². The van der Waals surface area contributed by atoms with Crippen LogP contribution in [0.5, 0.6) is 5.75 Å². The quantitative estimate of drug-likeness (QED) is 0.120. The third-order valence-electron chi connectivity index (χ3n) is 11.6. The second-order valence-corrected chi connectivity index (χ2v) is 18.1. The van der Waals surface area contributed by atoms with E-state index in [4.69, 9.17) is 9.26 Å². The number of esters is 1. The molecule has 26 heteroatoms. The highest BCUT2D eigenvalue weighted by molar-refractivity contribution is 7.46. The highest BCUT2D eigenvalue weighted by atomic mass is 31.2. The maximum atomic E-state index is 15.0. The average Bonchev–Trinajstić information content (AvgIpc) is 3.83. The Kier molecular flexibility index (Phi) is 15.5. The van der Waals surface area contributed by atoms with Crippen molar-refractivity contribution >= 4 is 55.0 Å². The zero-order chi connectivity index (χ0) is 49.1. The summed E-state index contributed by atoms with van der Waals surface area (Å²) < 4.78 is 94.3. The van der Waals surface area contributed by atoms with Gasteiger partial charge in [0.05, 0.1) is 6.10 Å². The number of urea groups is 1. The SMILES string of the molecule is CC1CC2C(=O)OC(C)C(NC(=O)C(Cc3cc(F)cc(F)c3)NC(=O)Nc3cccc(OC(F)(F)F)c3)C(=O)N3CC(OP(=O)(O)O)CC3C(=O)N3CCCCC3C(=O)NC(C)C(=O)N2C1. The molecule has 0 radical (unpaired) electrons. The van der Waals surface area contributed by atoms with Crippen molar-refractivity contribution in [2.75, 3.05) is 25.0 Å². The van der Waals surface area contributed by atoms with Crippen LogP contribution >= 0.6 is 7.82 Å². The van der Waals surface area contributed by atoms with E-state index in [2.05, 4.69) is 26.0 Å². The number of fused-ring (bicyclic) bond motifs is 3. The van der Waals surface area contributed by atoms with Crippen molar-refractivity contribution in [1.82, 2.24) is 30.7 Å². The summed E-state index contributed by atoms with van der Waals surface area (Å²) in [7, 11) is -5.27. The molecule has 0 spiro atoms. The van der Waals surface area contributed by atoms with Crippen molar-refractivity contribution in [3.05, 3.63) is 59.7 Å². The zero-order valence-corrected chi connectivity index (χ0v) is 37.1. The number of benzene rings is 2. The van der Waals surface area contributed by atoms with Gasteiger partial charge < -0.3 is 55.2 Å². The summed E-state index contributed by atoms with van der Waals surface area (Å²) in [6, 6.07) is -4.17. The smallest absolute Gasteiger partial charge is 0.458 e. The molecule has 4 saturated heterocycles. The number of ether oxygens (including phenoxy) is 2. The highest BCUT2D eigenvalue weighted by Gasteiger charge is 2.50. The molecule has 4 fully saturated rings. The Morgan fingerprint density at radius 1 is 0.896 bits per heavy atom. The topological polar surface area (TPSA) is 263 Å². The number of anilines is 1. The van der Waals surface area contributed by atoms with Gasteiger partial charge in [-0.2, -0.15) is 0 Å². The molecule has 0 saturated carbocycles. The number of nitrogens with one attached hydrogen (secondary N) is 4. The van der Waals surface area contributed by atoms with Crippen LogP contribution in [0.15, 0.2) is 42.5 Å². The summed E-state index contributed by atoms with van der Waals surface area (Å²) in [5.41, 5.74) is -0.476.